The number of pyridine rings is 2. The minimum absolute atomic E-state index is 0.405. The zero-order valence-corrected chi connectivity index (χ0v) is 17.9. The lowest BCUT2D eigenvalue weighted by atomic mass is 9.91. The molecule has 2 aromatic rings. The molecule has 0 aromatic carbocycles. The predicted molar refractivity (Wildman–Crippen MR) is 116 cm³/mol. The molecule has 0 N–H and O–H groups in total. The van der Waals surface area contributed by atoms with Crippen molar-refractivity contribution in [3.05, 3.63) is 59.2 Å². The summed E-state index contributed by atoms with van der Waals surface area (Å²) in [6.45, 7) is 8.89. The molecule has 28 heavy (non-hydrogen) atoms. The molecular formula is C24H36N4. The molecule has 4 nitrogen and oxygen atoms in total. The van der Waals surface area contributed by atoms with Gasteiger partial charge in [0, 0.05) is 18.9 Å². The molecule has 1 unspecified atom stereocenters. The first-order chi connectivity index (χ1) is 13.7. The summed E-state index contributed by atoms with van der Waals surface area (Å²) < 4.78 is 0. The largest absolute Gasteiger partial charge is 0.304 e. The molecule has 3 rings (SSSR count). The van der Waals surface area contributed by atoms with Gasteiger partial charge in [-0.1, -0.05) is 26.0 Å². The second-order valence-corrected chi connectivity index (χ2v) is 7.96. The Bertz CT molecular complexity index is 726. The van der Waals surface area contributed by atoms with Gasteiger partial charge in [-0.25, -0.2) is 0 Å². The van der Waals surface area contributed by atoms with Crippen molar-refractivity contribution in [3.63, 3.8) is 0 Å². The van der Waals surface area contributed by atoms with Crippen LogP contribution in [-0.2, 0) is 19.4 Å². The first-order valence-corrected chi connectivity index (χ1v) is 11.0. The minimum Gasteiger partial charge on any atom is -0.304 e. The number of nitrogens with zero attached hydrogens (tertiary/aromatic N) is 4. The van der Waals surface area contributed by atoms with Gasteiger partial charge in [-0.15, -0.1) is 0 Å². The van der Waals surface area contributed by atoms with Crippen LogP contribution in [-0.4, -0.2) is 46.4 Å². The highest BCUT2D eigenvalue weighted by atomic mass is 15.1. The van der Waals surface area contributed by atoms with E-state index in [1.54, 1.807) is 0 Å². The molecule has 0 spiro atoms. The van der Waals surface area contributed by atoms with Crippen molar-refractivity contribution >= 4 is 0 Å². The normalized spacial score (nSPS) is 16.5. The number of unbranched alkanes of at least 4 members (excludes halogenated alkanes) is 1. The topological polar surface area (TPSA) is 32.3 Å². The highest BCUT2D eigenvalue weighted by Crippen LogP contribution is 2.32. The minimum atomic E-state index is 0.405. The first kappa shape index (κ1) is 20.9. The second kappa shape index (κ2) is 10.7. The fraction of sp³-hybridized carbons (Fsp3) is 0.583. The fourth-order valence-corrected chi connectivity index (χ4v) is 4.39. The van der Waals surface area contributed by atoms with Crippen molar-refractivity contribution in [2.45, 2.75) is 65.0 Å². The lowest BCUT2D eigenvalue weighted by Gasteiger charge is -2.32. The molecule has 0 aliphatic heterocycles. The first-order valence-electron chi connectivity index (χ1n) is 11.0. The van der Waals surface area contributed by atoms with E-state index in [0.29, 0.717) is 6.04 Å². The van der Waals surface area contributed by atoms with Crippen molar-refractivity contribution in [2.24, 2.45) is 0 Å². The van der Waals surface area contributed by atoms with Crippen LogP contribution in [0.3, 0.4) is 0 Å². The van der Waals surface area contributed by atoms with Crippen LogP contribution in [0.5, 0.6) is 0 Å². The molecule has 0 amide bonds. The maximum Gasteiger partial charge on any atom is 0.0607 e. The van der Waals surface area contributed by atoms with E-state index in [0.717, 1.165) is 32.5 Å². The fourth-order valence-electron chi connectivity index (χ4n) is 4.39. The lowest BCUT2D eigenvalue weighted by Crippen LogP contribution is -2.29. The number of hydrogen-bond donors (Lipinski definition) is 0. The molecule has 0 saturated carbocycles. The number of aryl methyl sites for hydroxylation is 2. The lowest BCUT2D eigenvalue weighted by molar-refractivity contribution is 0.205. The van der Waals surface area contributed by atoms with Crippen molar-refractivity contribution in [1.82, 2.24) is 19.8 Å². The smallest absolute Gasteiger partial charge is 0.0607 e. The average molecular weight is 381 g/mol. The van der Waals surface area contributed by atoms with Gasteiger partial charge < -0.3 is 4.90 Å². The molecular weight excluding hydrogens is 344 g/mol. The summed E-state index contributed by atoms with van der Waals surface area (Å²) in [5.74, 6) is 0. The van der Waals surface area contributed by atoms with E-state index in [9.17, 15) is 0 Å². The van der Waals surface area contributed by atoms with Gasteiger partial charge >= 0.3 is 0 Å². The van der Waals surface area contributed by atoms with Gasteiger partial charge in [0.25, 0.3) is 0 Å². The van der Waals surface area contributed by atoms with Gasteiger partial charge in [-0.2, -0.15) is 0 Å². The Morgan fingerprint density at radius 2 is 1.82 bits per heavy atom. The summed E-state index contributed by atoms with van der Waals surface area (Å²) >= 11 is 0. The van der Waals surface area contributed by atoms with Crippen LogP contribution in [0, 0.1) is 0 Å². The Kier molecular flexibility index (Phi) is 7.99. The zero-order chi connectivity index (χ0) is 19.8. The van der Waals surface area contributed by atoms with E-state index in [1.165, 1.54) is 54.7 Å². The van der Waals surface area contributed by atoms with Crippen LogP contribution in [0.25, 0.3) is 0 Å². The third kappa shape index (κ3) is 5.39. The van der Waals surface area contributed by atoms with Crippen molar-refractivity contribution < 1.29 is 0 Å². The monoisotopic (exact) mass is 380 g/mol. The van der Waals surface area contributed by atoms with Gasteiger partial charge in [0.15, 0.2) is 0 Å². The Hall–Kier alpha value is -1.78. The van der Waals surface area contributed by atoms with Gasteiger partial charge in [-0.3, -0.25) is 14.9 Å². The maximum absolute atomic E-state index is 4.74. The molecule has 4 heteroatoms. The molecule has 1 aliphatic carbocycles. The summed E-state index contributed by atoms with van der Waals surface area (Å²) in [6, 6.07) is 9.06. The molecule has 1 atom stereocenters. The third-order valence-corrected chi connectivity index (χ3v) is 6.15. The molecule has 0 bridgehead atoms. The Labute approximate surface area is 171 Å². The van der Waals surface area contributed by atoms with Gasteiger partial charge in [-0.05, 0) is 88.5 Å². The molecule has 2 heterocycles. The molecule has 0 radical (unpaired) electrons. The third-order valence-electron chi connectivity index (χ3n) is 6.15. The van der Waals surface area contributed by atoms with Crippen molar-refractivity contribution in [1.29, 1.82) is 0 Å². The van der Waals surface area contributed by atoms with Crippen LogP contribution < -0.4 is 0 Å². The molecule has 0 saturated heterocycles. The Balaban J connectivity index is 1.60. The zero-order valence-electron chi connectivity index (χ0n) is 17.9. The summed E-state index contributed by atoms with van der Waals surface area (Å²) in [5, 5.41) is 0. The Morgan fingerprint density at radius 3 is 2.64 bits per heavy atom. The quantitative estimate of drug-likeness (QED) is 0.562. The Morgan fingerprint density at radius 1 is 1.04 bits per heavy atom. The highest BCUT2D eigenvalue weighted by molar-refractivity contribution is 5.26. The molecule has 152 valence electrons. The maximum atomic E-state index is 4.74. The molecule has 2 aromatic heterocycles. The standard InChI is InChI=1S/C24H36N4/c1-4-28(5-2)18-7-6-11-20-13-9-16-25-22(20)19-27(3)23-15-8-12-21-14-10-17-26-24(21)23/h9-10,13-14,16-17,23H,4-8,11-12,15,18-19H2,1-3H3. The van der Waals surface area contributed by atoms with Crippen LogP contribution in [0.2, 0.25) is 0 Å². The van der Waals surface area contributed by atoms with Gasteiger partial charge in [0.05, 0.1) is 17.4 Å². The summed E-state index contributed by atoms with van der Waals surface area (Å²) in [5.41, 5.74) is 5.33. The summed E-state index contributed by atoms with van der Waals surface area (Å²) in [7, 11) is 2.23. The second-order valence-electron chi connectivity index (χ2n) is 7.96. The summed E-state index contributed by atoms with van der Waals surface area (Å²) in [6.07, 6.45) is 11.1. The van der Waals surface area contributed by atoms with E-state index in [4.69, 9.17) is 9.97 Å². The van der Waals surface area contributed by atoms with Crippen molar-refractivity contribution in [2.75, 3.05) is 26.7 Å². The van der Waals surface area contributed by atoms with E-state index in [1.807, 2.05) is 12.4 Å². The molecule has 0 fully saturated rings. The average Bonchev–Trinajstić information content (AvgIpc) is 2.74. The SMILES string of the molecule is CCN(CC)CCCCc1cccnc1CN(C)C1CCCc2cccnc21. The van der Waals surface area contributed by atoms with E-state index >= 15 is 0 Å². The van der Waals surface area contributed by atoms with E-state index < -0.39 is 0 Å². The van der Waals surface area contributed by atoms with Gasteiger partial charge in [0.2, 0.25) is 0 Å². The predicted octanol–water partition coefficient (Wildman–Crippen LogP) is 4.65. The summed E-state index contributed by atoms with van der Waals surface area (Å²) in [4.78, 5) is 14.4. The van der Waals surface area contributed by atoms with Crippen LogP contribution in [0.4, 0.5) is 0 Å². The highest BCUT2D eigenvalue weighted by Gasteiger charge is 2.25. The van der Waals surface area contributed by atoms with Crippen LogP contribution in [0.1, 0.15) is 68.1 Å². The number of hydrogen-bond acceptors (Lipinski definition) is 4. The van der Waals surface area contributed by atoms with E-state index in [-0.39, 0.29) is 0 Å². The molecule has 1 aliphatic rings. The number of rotatable bonds is 10. The van der Waals surface area contributed by atoms with E-state index in [2.05, 4.69) is 55.0 Å². The van der Waals surface area contributed by atoms with Crippen LogP contribution >= 0.6 is 0 Å². The van der Waals surface area contributed by atoms with Crippen molar-refractivity contribution in [3.8, 4) is 0 Å². The number of fused-ring (bicyclic) bond motifs is 1. The van der Waals surface area contributed by atoms with Crippen LogP contribution in [0.15, 0.2) is 36.7 Å². The number of aromatic nitrogens is 2. The van der Waals surface area contributed by atoms with Gasteiger partial charge in [0.1, 0.15) is 0 Å².